The summed E-state index contributed by atoms with van der Waals surface area (Å²) >= 11 is 11.8. The van der Waals surface area contributed by atoms with E-state index in [0.717, 1.165) is 0 Å². The van der Waals surface area contributed by atoms with Crippen molar-refractivity contribution in [2.45, 2.75) is 19.1 Å². The van der Waals surface area contributed by atoms with Crippen LogP contribution in [0.5, 0.6) is 5.75 Å². The molecule has 25 heavy (non-hydrogen) atoms. The van der Waals surface area contributed by atoms with Gasteiger partial charge in [-0.05, 0) is 24.6 Å². The lowest BCUT2D eigenvalue weighted by molar-refractivity contribution is -0.147. The zero-order chi connectivity index (χ0) is 18.4. The van der Waals surface area contributed by atoms with Crippen LogP contribution in [0, 0.1) is 0 Å². The number of aliphatic hydroxyl groups is 1. The third-order valence-electron chi connectivity index (χ3n) is 3.40. The summed E-state index contributed by atoms with van der Waals surface area (Å²) in [6.45, 7) is 1.82. The molecule has 7 heteroatoms. The Kier molecular flexibility index (Phi) is 6.82. The molecule has 0 aliphatic carbocycles. The molecule has 0 bridgehead atoms. The van der Waals surface area contributed by atoms with Gasteiger partial charge in [0.2, 0.25) is 0 Å². The Hall–Kier alpha value is -2.08. The molecule has 2 N–H and O–H groups in total. The predicted octanol–water partition coefficient (Wildman–Crippen LogP) is 3.78. The van der Waals surface area contributed by atoms with Crippen LogP contribution in [0.4, 0.5) is 0 Å². The smallest absolute Gasteiger partial charge is 0.333 e. The van der Waals surface area contributed by atoms with Crippen LogP contribution in [-0.4, -0.2) is 35.0 Å². The highest BCUT2D eigenvalue weighted by molar-refractivity contribution is 6.36. The number of nitrogens with zero attached hydrogens (tertiary/aromatic N) is 1. The standard InChI is InChI=1S/C18H17Cl2NO4/c1-2-25-18(24)15(17(23)11-6-4-3-5-7-11)21-10-12-8-13(19)9-14(20)16(12)22/h3-10,15,17,22-23H,2H2,1H3/t15-,17+/m0/s1. The average molecular weight is 382 g/mol. The Morgan fingerprint density at radius 1 is 1.28 bits per heavy atom. The van der Waals surface area contributed by atoms with E-state index in [9.17, 15) is 15.0 Å². The molecule has 2 atom stereocenters. The van der Waals surface area contributed by atoms with Crippen molar-refractivity contribution >= 4 is 35.4 Å². The highest BCUT2D eigenvalue weighted by Gasteiger charge is 2.28. The average Bonchev–Trinajstić information content (AvgIpc) is 2.60. The molecular weight excluding hydrogens is 365 g/mol. The number of hydrogen-bond acceptors (Lipinski definition) is 5. The summed E-state index contributed by atoms with van der Waals surface area (Å²) in [5, 5.41) is 20.8. The van der Waals surface area contributed by atoms with Gasteiger partial charge in [0.05, 0.1) is 11.6 Å². The van der Waals surface area contributed by atoms with Gasteiger partial charge >= 0.3 is 5.97 Å². The van der Waals surface area contributed by atoms with Crippen LogP contribution < -0.4 is 0 Å². The summed E-state index contributed by atoms with van der Waals surface area (Å²) in [5.74, 6) is -0.894. The maximum absolute atomic E-state index is 12.2. The van der Waals surface area contributed by atoms with Crippen molar-refractivity contribution in [1.29, 1.82) is 0 Å². The number of carbonyl (C=O) groups is 1. The number of carbonyl (C=O) groups excluding carboxylic acids is 1. The Morgan fingerprint density at radius 3 is 2.60 bits per heavy atom. The number of halogens is 2. The van der Waals surface area contributed by atoms with Gasteiger partial charge in [-0.3, -0.25) is 4.99 Å². The maximum atomic E-state index is 12.2. The first-order valence-electron chi connectivity index (χ1n) is 7.54. The summed E-state index contributed by atoms with van der Waals surface area (Å²) in [6.07, 6.45) is 0.0363. The molecule has 0 spiro atoms. The minimum absolute atomic E-state index is 0.0604. The molecule has 0 aromatic heterocycles. The van der Waals surface area contributed by atoms with E-state index in [2.05, 4.69) is 4.99 Å². The fourth-order valence-electron chi connectivity index (χ4n) is 2.18. The van der Waals surface area contributed by atoms with Crippen molar-refractivity contribution in [3.8, 4) is 5.75 Å². The Balaban J connectivity index is 2.35. The lowest BCUT2D eigenvalue weighted by Crippen LogP contribution is -2.28. The van der Waals surface area contributed by atoms with E-state index in [1.54, 1.807) is 37.3 Å². The first kappa shape index (κ1) is 19.2. The first-order valence-corrected chi connectivity index (χ1v) is 8.30. The van der Waals surface area contributed by atoms with Gasteiger partial charge in [-0.1, -0.05) is 53.5 Å². The maximum Gasteiger partial charge on any atom is 0.333 e. The number of ether oxygens (including phenoxy) is 1. The van der Waals surface area contributed by atoms with Crippen molar-refractivity contribution in [2.24, 2.45) is 4.99 Å². The fourth-order valence-corrected chi connectivity index (χ4v) is 2.69. The SMILES string of the molecule is CCOC(=O)[C@@H](N=Cc1cc(Cl)cc(Cl)c1O)[C@H](O)c1ccccc1. The Bertz CT molecular complexity index is 765. The van der Waals surface area contributed by atoms with Crippen LogP contribution in [0.1, 0.15) is 24.2 Å². The summed E-state index contributed by atoms with van der Waals surface area (Å²) in [6, 6.07) is 10.3. The lowest BCUT2D eigenvalue weighted by atomic mass is 10.0. The minimum atomic E-state index is -1.20. The molecule has 132 valence electrons. The highest BCUT2D eigenvalue weighted by atomic mass is 35.5. The Morgan fingerprint density at radius 2 is 1.96 bits per heavy atom. The number of aromatic hydroxyl groups is 1. The summed E-state index contributed by atoms with van der Waals surface area (Å²) < 4.78 is 4.99. The fraction of sp³-hybridized carbons (Fsp3) is 0.222. The number of benzene rings is 2. The number of aliphatic hydroxyl groups excluding tert-OH is 1. The van der Waals surface area contributed by atoms with Crippen LogP contribution in [0.3, 0.4) is 0 Å². The monoisotopic (exact) mass is 381 g/mol. The van der Waals surface area contributed by atoms with Gasteiger partial charge in [0.1, 0.15) is 11.9 Å². The largest absolute Gasteiger partial charge is 0.506 e. The molecule has 0 saturated carbocycles. The van der Waals surface area contributed by atoms with Gasteiger partial charge in [-0.15, -0.1) is 0 Å². The number of aliphatic imine (C=N–C) groups is 1. The molecule has 0 aliphatic heterocycles. The van der Waals surface area contributed by atoms with Crippen molar-refractivity contribution in [3.63, 3.8) is 0 Å². The van der Waals surface area contributed by atoms with Gasteiger partial charge in [-0.25, -0.2) is 4.79 Å². The van der Waals surface area contributed by atoms with Crippen LogP contribution in [0.2, 0.25) is 10.0 Å². The summed E-state index contributed by atoms with van der Waals surface area (Å²) in [4.78, 5) is 16.3. The minimum Gasteiger partial charge on any atom is -0.506 e. The first-order chi connectivity index (χ1) is 11.9. The second kappa shape index (κ2) is 8.85. The van der Waals surface area contributed by atoms with Crippen molar-refractivity contribution < 1.29 is 19.7 Å². The van der Waals surface area contributed by atoms with E-state index < -0.39 is 18.1 Å². The van der Waals surface area contributed by atoms with Crippen LogP contribution in [-0.2, 0) is 9.53 Å². The molecule has 5 nitrogen and oxygen atoms in total. The van der Waals surface area contributed by atoms with Crippen molar-refractivity contribution in [3.05, 3.63) is 63.6 Å². The number of rotatable bonds is 6. The summed E-state index contributed by atoms with van der Waals surface area (Å²) in [7, 11) is 0. The number of hydrogen-bond donors (Lipinski definition) is 2. The van der Waals surface area contributed by atoms with Gasteiger partial charge in [0.15, 0.2) is 6.04 Å². The number of esters is 1. The zero-order valence-corrected chi connectivity index (χ0v) is 14.9. The highest BCUT2D eigenvalue weighted by Crippen LogP contribution is 2.30. The third-order valence-corrected chi connectivity index (χ3v) is 3.91. The predicted molar refractivity (Wildman–Crippen MR) is 97.5 cm³/mol. The topological polar surface area (TPSA) is 79.1 Å². The van der Waals surface area contributed by atoms with E-state index in [1.807, 2.05) is 0 Å². The second-order valence-corrected chi connectivity index (χ2v) is 6.00. The van der Waals surface area contributed by atoms with Crippen LogP contribution >= 0.6 is 23.2 Å². The van der Waals surface area contributed by atoms with Crippen molar-refractivity contribution in [1.82, 2.24) is 0 Å². The molecule has 0 unspecified atom stereocenters. The number of phenols is 1. The molecule has 0 radical (unpaired) electrons. The van der Waals surface area contributed by atoms with Gasteiger partial charge in [-0.2, -0.15) is 0 Å². The quantitative estimate of drug-likeness (QED) is 0.589. The molecule has 2 aromatic rings. The molecule has 0 fully saturated rings. The third kappa shape index (κ3) is 4.95. The summed E-state index contributed by atoms with van der Waals surface area (Å²) in [5.41, 5.74) is 0.748. The molecule has 0 aliphatic rings. The van der Waals surface area contributed by atoms with E-state index in [-0.39, 0.29) is 22.9 Å². The van der Waals surface area contributed by atoms with Gasteiger partial charge in [0, 0.05) is 16.8 Å². The van der Waals surface area contributed by atoms with E-state index in [4.69, 9.17) is 27.9 Å². The zero-order valence-electron chi connectivity index (χ0n) is 13.4. The van der Waals surface area contributed by atoms with Gasteiger partial charge < -0.3 is 14.9 Å². The molecular formula is C18H17Cl2NO4. The molecule has 0 saturated heterocycles. The second-order valence-electron chi connectivity index (χ2n) is 5.16. The van der Waals surface area contributed by atoms with E-state index in [1.165, 1.54) is 18.3 Å². The van der Waals surface area contributed by atoms with E-state index >= 15 is 0 Å². The lowest BCUT2D eigenvalue weighted by Gasteiger charge is -2.18. The van der Waals surface area contributed by atoms with Gasteiger partial charge in [0.25, 0.3) is 0 Å². The van der Waals surface area contributed by atoms with E-state index in [0.29, 0.717) is 10.6 Å². The molecule has 2 rings (SSSR count). The van der Waals surface area contributed by atoms with Crippen molar-refractivity contribution in [2.75, 3.05) is 6.61 Å². The normalized spacial score (nSPS) is 13.6. The molecule has 0 heterocycles. The molecule has 0 amide bonds. The molecule has 2 aromatic carbocycles. The Labute approximate surface area is 155 Å². The van der Waals surface area contributed by atoms with Crippen LogP contribution in [0.25, 0.3) is 0 Å². The van der Waals surface area contributed by atoms with Crippen LogP contribution in [0.15, 0.2) is 47.5 Å². The number of phenolic OH excluding ortho intramolecular Hbond substituents is 1.